The van der Waals surface area contributed by atoms with Crippen LogP contribution in [-0.4, -0.2) is 128 Å². The minimum absolute atomic E-state index is 0.0347. The lowest BCUT2D eigenvalue weighted by molar-refractivity contribution is -0.129. The van der Waals surface area contributed by atoms with Crippen LogP contribution in [0.3, 0.4) is 0 Å². The van der Waals surface area contributed by atoms with E-state index >= 15 is 0 Å². The lowest BCUT2D eigenvalue weighted by atomic mass is 10.3. The number of aryl methyl sites for hydroxylation is 4. The summed E-state index contributed by atoms with van der Waals surface area (Å²) in [5.41, 5.74) is 8.18. The van der Waals surface area contributed by atoms with Gasteiger partial charge in [-0.15, -0.1) is 0 Å². The van der Waals surface area contributed by atoms with E-state index in [1.165, 1.54) is 24.3 Å². The number of hydrogen-bond acceptors (Lipinski definition) is 14. The minimum atomic E-state index is -3.58. The Balaban J connectivity index is 0.000000186. The standard InChI is InChI=1S/C21H23F2N7O.C16H22N6O3S.C6H5F2N/c1-13-11-14(2)30(27-13)19-12-18(29-9-7-28(8-10-29)15(3)31)25-21(26-19)24-17-6-4-5-16(22)20(17)23;1-11-9-12(2)22(19-11)15-10-14(17-16(18-15)26(4,24)25)21-7-5-20(6-8-21)13(3)23;7-4-2-1-3-5(9)6(4)8/h4-6,11-12H,7-10H2,1-3H3,(H,24,25,26);9-10H,5-8H2,1-4H3;1-3H,9H2. The van der Waals surface area contributed by atoms with Crippen molar-refractivity contribution in [2.75, 3.05) is 79.5 Å². The molecule has 18 nitrogen and oxygen atoms in total. The number of carbonyl (C=O) groups excluding carboxylic acids is 2. The summed E-state index contributed by atoms with van der Waals surface area (Å²) in [6.45, 7) is 15.3. The number of piperazine rings is 2. The van der Waals surface area contributed by atoms with Gasteiger partial charge in [-0.1, -0.05) is 12.1 Å². The maximum atomic E-state index is 14.2. The molecule has 8 rings (SSSR count). The van der Waals surface area contributed by atoms with Gasteiger partial charge in [0.25, 0.3) is 5.16 Å². The molecule has 2 amide bonds. The fourth-order valence-electron chi connectivity index (χ4n) is 7.05. The van der Waals surface area contributed by atoms with Crippen molar-refractivity contribution >= 4 is 50.6 Å². The fraction of sp³-hybridized carbons (Fsp3) is 0.349. The van der Waals surface area contributed by atoms with Crippen LogP contribution in [0.15, 0.2) is 65.8 Å². The summed E-state index contributed by atoms with van der Waals surface area (Å²) in [7, 11) is -3.58. The van der Waals surface area contributed by atoms with Crippen molar-refractivity contribution in [2.24, 2.45) is 0 Å². The van der Waals surface area contributed by atoms with Crippen LogP contribution in [0.4, 0.5) is 46.5 Å². The van der Waals surface area contributed by atoms with Gasteiger partial charge >= 0.3 is 0 Å². The zero-order valence-electron chi connectivity index (χ0n) is 37.4. The molecular weight excluding hydrogens is 885 g/mol. The second kappa shape index (κ2) is 20.3. The predicted molar refractivity (Wildman–Crippen MR) is 240 cm³/mol. The number of nitrogens with zero attached hydrogens (tertiary/aromatic N) is 12. The number of benzene rings is 2. The van der Waals surface area contributed by atoms with Crippen molar-refractivity contribution in [3.05, 3.63) is 107 Å². The maximum Gasteiger partial charge on any atom is 0.250 e. The average molecular weight is 935 g/mol. The van der Waals surface area contributed by atoms with Crippen LogP contribution in [0, 0.1) is 51.0 Å². The summed E-state index contributed by atoms with van der Waals surface area (Å²) in [5, 5.41) is 11.4. The van der Waals surface area contributed by atoms with Crippen molar-refractivity contribution in [1.82, 2.24) is 49.3 Å². The molecule has 0 bridgehead atoms. The van der Waals surface area contributed by atoms with Crippen LogP contribution in [0.1, 0.15) is 36.6 Å². The molecule has 2 aliphatic rings. The number of anilines is 5. The molecule has 23 heteroatoms. The Kier molecular flexibility index (Phi) is 14.9. The van der Waals surface area contributed by atoms with Crippen LogP contribution in [0.2, 0.25) is 0 Å². The second-order valence-corrected chi connectivity index (χ2v) is 17.5. The first-order valence-corrected chi connectivity index (χ1v) is 22.5. The van der Waals surface area contributed by atoms with E-state index in [4.69, 9.17) is 5.73 Å². The molecule has 4 aromatic heterocycles. The molecule has 350 valence electrons. The SMILES string of the molecule is CC(=O)N1CCN(c2cc(-n3nc(C)cc3C)nc(Nc3cccc(F)c3F)n2)CC1.CC(=O)N1CCN(c2cc(-n3nc(C)cc3C)nc(S(C)(=O)=O)n2)CC1.Nc1cccc(F)c1F. The third-order valence-corrected chi connectivity index (χ3v) is 11.3. The Labute approximate surface area is 379 Å². The van der Waals surface area contributed by atoms with Crippen molar-refractivity contribution in [1.29, 1.82) is 0 Å². The largest absolute Gasteiger partial charge is 0.396 e. The fourth-order valence-corrected chi connectivity index (χ4v) is 7.57. The number of nitrogen functional groups attached to an aromatic ring is 1. The van der Waals surface area contributed by atoms with Crippen molar-refractivity contribution in [3.8, 4) is 11.6 Å². The van der Waals surface area contributed by atoms with Crippen molar-refractivity contribution < 1.29 is 35.6 Å². The third kappa shape index (κ3) is 11.7. The molecule has 6 heterocycles. The van der Waals surface area contributed by atoms with Crippen molar-refractivity contribution in [2.45, 2.75) is 46.7 Å². The highest BCUT2D eigenvalue weighted by atomic mass is 32.2. The highest BCUT2D eigenvalue weighted by Gasteiger charge is 2.25. The molecule has 0 spiro atoms. The highest BCUT2D eigenvalue weighted by molar-refractivity contribution is 7.90. The second-order valence-electron chi connectivity index (χ2n) is 15.6. The Morgan fingerprint density at radius 3 is 1.45 bits per heavy atom. The first-order chi connectivity index (χ1) is 31.2. The van der Waals surface area contributed by atoms with Gasteiger partial charge in [0, 0.05) is 96.0 Å². The molecule has 0 aliphatic carbocycles. The number of nitrogens with one attached hydrogen (secondary N) is 1. The van der Waals surface area contributed by atoms with Gasteiger partial charge in [-0.25, -0.2) is 40.3 Å². The van der Waals surface area contributed by atoms with E-state index < -0.39 is 33.1 Å². The summed E-state index contributed by atoms with van der Waals surface area (Å²) in [5.74, 6) is -1.60. The number of hydrogen-bond donors (Lipinski definition) is 2. The number of nitrogens with two attached hydrogens (primary N) is 1. The minimum Gasteiger partial charge on any atom is -0.396 e. The van der Waals surface area contributed by atoms with Gasteiger partial charge in [0.15, 0.2) is 34.9 Å². The van der Waals surface area contributed by atoms with Crippen molar-refractivity contribution in [3.63, 3.8) is 0 Å². The van der Waals surface area contributed by atoms with Crippen LogP contribution < -0.4 is 20.9 Å². The van der Waals surface area contributed by atoms with Crippen LogP contribution >= 0.6 is 0 Å². The summed E-state index contributed by atoms with van der Waals surface area (Å²) < 4.78 is 79.6. The van der Waals surface area contributed by atoms with Crippen LogP contribution in [-0.2, 0) is 19.4 Å². The Bertz CT molecular complexity index is 2820. The van der Waals surface area contributed by atoms with E-state index in [9.17, 15) is 35.6 Å². The zero-order chi connectivity index (χ0) is 48.0. The summed E-state index contributed by atoms with van der Waals surface area (Å²) in [4.78, 5) is 48.1. The van der Waals surface area contributed by atoms with E-state index in [1.54, 1.807) is 45.1 Å². The summed E-state index contributed by atoms with van der Waals surface area (Å²) in [6, 6.07) is 14.9. The first kappa shape index (κ1) is 48.3. The molecule has 6 aromatic rings. The van der Waals surface area contributed by atoms with Gasteiger partial charge in [0.2, 0.25) is 27.6 Å². The zero-order valence-corrected chi connectivity index (χ0v) is 38.2. The Hall–Kier alpha value is -7.17. The van der Waals surface area contributed by atoms with Gasteiger partial charge in [-0.3, -0.25) is 9.59 Å². The van der Waals surface area contributed by atoms with Gasteiger partial charge in [0.1, 0.15) is 11.6 Å². The van der Waals surface area contributed by atoms with Crippen LogP contribution in [0.25, 0.3) is 11.6 Å². The number of amides is 2. The number of aromatic nitrogens is 8. The number of sulfone groups is 1. The van der Waals surface area contributed by atoms with Gasteiger partial charge in [-0.05, 0) is 64.1 Å². The molecule has 2 fully saturated rings. The molecule has 0 unspecified atom stereocenters. The van der Waals surface area contributed by atoms with E-state index in [1.807, 2.05) is 49.6 Å². The molecule has 2 saturated heterocycles. The number of halogens is 4. The number of carbonyl (C=O) groups is 2. The Morgan fingerprint density at radius 1 is 0.606 bits per heavy atom. The molecule has 0 atom stereocenters. The normalized spacial score (nSPS) is 14.0. The molecule has 66 heavy (non-hydrogen) atoms. The van der Waals surface area contributed by atoms with Crippen LogP contribution in [0.5, 0.6) is 0 Å². The van der Waals surface area contributed by atoms with E-state index in [0.717, 1.165) is 41.2 Å². The Morgan fingerprint density at radius 2 is 1.03 bits per heavy atom. The van der Waals surface area contributed by atoms with Gasteiger partial charge in [0.05, 0.1) is 22.8 Å². The highest BCUT2D eigenvalue weighted by Crippen LogP contribution is 2.25. The smallest absolute Gasteiger partial charge is 0.250 e. The van der Waals surface area contributed by atoms with E-state index in [2.05, 4.69) is 35.5 Å². The molecular formula is C43H50F4N14O4S. The molecule has 3 N–H and O–H groups in total. The topological polar surface area (TPSA) is 206 Å². The maximum absolute atomic E-state index is 14.2. The van der Waals surface area contributed by atoms with Gasteiger partial charge in [-0.2, -0.15) is 25.1 Å². The first-order valence-electron chi connectivity index (χ1n) is 20.7. The lowest BCUT2D eigenvalue weighted by Crippen LogP contribution is -2.48. The van der Waals surface area contributed by atoms with E-state index in [-0.39, 0.29) is 34.3 Å². The lowest BCUT2D eigenvalue weighted by Gasteiger charge is -2.35. The molecule has 2 aromatic carbocycles. The quantitative estimate of drug-likeness (QED) is 0.125. The van der Waals surface area contributed by atoms with Gasteiger partial charge < -0.3 is 30.7 Å². The van der Waals surface area contributed by atoms with E-state index in [0.29, 0.717) is 75.6 Å². The third-order valence-electron chi connectivity index (χ3n) is 10.4. The summed E-state index contributed by atoms with van der Waals surface area (Å²) >= 11 is 0. The molecule has 0 radical (unpaired) electrons. The monoisotopic (exact) mass is 934 g/mol. The molecule has 0 saturated carbocycles. The summed E-state index contributed by atoms with van der Waals surface area (Å²) in [6.07, 6.45) is 1.09. The number of rotatable bonds is 7. The molecule has 2 aliphatic heterocycles. The average Bonchev–Trinajstić information content (AvgIpc) is 3.81. The predicted octanol–water partition coefficient (Wildman–Crippen LogP) is 4.87.